The van der Waals surface area contributed by atoms with Crippen molar-refractivity contribution in [3.05, 3.63) is 58.1 Å². The first-order valence-electron chi connectivity index (χ1n) is 8.92. The first kappa shape index (κ1) is 20.9. The first-order chi connectivity index (χ1) is 13.9. The summed E-state index contributed by atoms with van der Waals surface area (Å²) < 4.78 is 39.1. The van der Waals surface area contributed by atoms with Crippen LogP contribution in [0.25, 0.3) is 0 Å². The molecule has 2 aliphatic rings. The molecule has 1 amide bonds. The van der Waals surface area contributed by atoms with Crippen LogP contribution in [0.5, 0.6) is 11.5 Å². The van der Waals surface area contributed by atoms with Crippen LogP contribution in [0.15, 0.2) is 30.3 Å². The molecule has 0 radical (unpaired) electrons. The van der Waals surface area contributed by atoms with Crippen LogP contribution in [0.4, 0.5) is 8.78 Å². The van der Waals surface area contributed by atoms with Gasteiger partial charge < -0.3 is 19.9 Å². The van der Waals surface area contributed by atoms with Crippen LogP contribution in [0, 0.1) is 11.6 Å². The molecule has 4 rings (SSSR count). The second kappa shape index (κ2) is 9.09. The number of nitrogens with one attached hydrogen (secondary N) is 1. The Hall–Kier alpha value is -2.87. The highest BCUT2D eigenvalue weighted by Crippen LogP contribution is 2.27. The Bertz CT molecular complexity index is 937. The van der Waals surface area contributed by atoms with Crippen LogP contribution < -0.4 is 14.8 Å². The fourth-order valence-corrected chi connectivity index (χ4v) is 3.15. The molecule has 0 unspecified atom stereocenters. The van der Waals surface area contributed by atoms with Crippen LogP contribution in [-0.4, -0.2) is 36.2 Å². The molecule has 2 bridgehead atoms. The van der Waals surface area contributed by atoms with Crippen LogP contribution in [-0.2, 0) is 11.2 Å². The predicted molar refractivity (Wildman–Crippen MR) is 101 cm³/mol. The van der Waals surface area contributed by atoms with Crippen LogP contribution in [0.2, 0.25) is 5.02 Å². The fraction of sp³-hybridized carbons (Fsp3) is 0.300. The number of carbonyl (C=O) groups is 2. The Morgan fingerprint density at radius 1 is 1.10 bits per heavy atom. The lowest BCUT2D eigenvalue weighted by Crippen LogP contribution is -2.42. The summed E-state index contributed by atoms with van der Waals surface area (Å²) in [5.41, 5.74) is -0.147. The number of hydrogen-bond donors (Lipinski definition) is 2. The van der Waals surface area contributed by atoms with Gasteiger partial charge in [0.1, 0.15) is 23.1 Å². The van der Waals surface area contributed by atoms with Gasteiger partial charge in [0.15, 0.2) is 11.6 Å². The zero-order valence-corrected chi connectivity index (χ0v) is 16.0. The largest absolute Gasteiger partial charge is 0.493 e. The van der Waals surface area contributed by atoms with Crippen molar-refractivity contribution in [2.24, 2.45) is 0 Å². The Morgan fingerprint density at radius 2 is 1.76 bits per heavy atom. The normalized spacial score (nSPS) is 17.6. The van der Waals surface area contributed by atoms with Gasteiger partial charge in [0.05, 0.1) is 18.2 Å². The van der Waals surface area contributed by atoms with Gasteiger partial charge in [-0.3, -0.25) is 4.79 Å². The fourth-order valence-electron chi connectivity index (χ4n) is 2.89. The van der Waals surface area contributed by atoms with E-state index < -0.39 is 35.1 Å². The number of amides is 1. The minimum atomic E-state index is -1.40. The highest BCUT2D eigenvalue weighted by Gasteiger charge is 2.27. The Labute approximate surface area is 170 Å². The molecule has 6 nitrogen and oxygen atoms in total. The molecule has 0 aromatic heterocycles. The standard InChI is InChI=1S/C20H18ClF2NO5/c21-12-9-11-3-5-15(12)28-7-1-2-8-29-16-6-4-13(22)18(23)17(16)19(25)24-14(10-11)20(26)27/h3-6,9,14H,1-2,7-8,10H2,(H,24,25)(H,26,27)/t14-/m0/s1. The van der Waals surface area contributed by atoms with Gasteiger partial charge in [-0.25, -0.2) is 13.6 Å². The maximum Gasteiger partial charge on any atom is 0.326 e. The van der Waals surface area contributed by atoms with E-state index >= 15 is 0 Å². The molecule has 29 heavy (non-hydrogen) atoms. The van der Waals surface area contributed by atoms with E-state index in [0.717, 1.165) is 12.1 Å². The van der Waals surface area contributed by atoms with E-state index in [1.807, 2.05) is 0 Å². The number of benzene rings is 2. The molecular weight excluding hydrogens is 408 g/mol. The van der Waals surface area contributed by atoms with Gasteiger partial charge in [0.25, 0.3) is 5.91 Å². The third kappa shape index (κ3) is 4.95. The van der Waals surface area contributed by atoms with E-state index in [1.54, 1.807) is 18.2 Å². The van der Waals surface area contributed by atoms with Gasteiger partial charge in [-0.05, 0) is 42.7 Å². The van der Waals surface area contributed by atoms with E-state index in [2.05, 4.69) is 5.32 Å². The maximum absolute atomic E-state index is 14.3. The van der Waals surface area contributed by atoms with Gasteiger partial charge in [-0.15, -0.1) is 0 Å². The van der Waals surface area contributed by atoms with Gasteiger partial charge in [-0.2, -0.15) is 0 Å². The van der Waals surface area contributed by atoms with Crippen molar-refractivity contribution in [3.63, 3.8) is 0 Å². The lowest BCUT2D eigenvalue weighted by atomic mass is 10.0. The van der Waals surface area contributed by atoms with E-state index in [1.165, 1.54) is 0 Å². The van der Waals surface area contributed by atoms with E-state index in [0.29, 0.717) is 35.8 Å². The molecule has 2 aromatic rings. The zero-order valence-electron chi connectivity index (χ0n) is 15.2. The number of rotatable bonds is 1. The summed E-state index contributed by atoms with van der Waals surface area (Å²) in [5, 5.41) is 12.0. The molecule has 9 heteroatoms. The number of halogens is 3. The van der Waals surface area contributed by atoms with Crippen LogP contribution in [0.3, 0.4) is 0 Å². The summed E-state index contributed by atoms with van der Waals surface area (Å²) >= 11 is 6.18. The van der Waals surface area contributed by atoms with Crippen molar-refractivity contribution in [3.8, 4) is 11.5 Å². The van der Waals surface area contributed by atoms with Crippen molar-refractivity contribution in [2.45, 2.75) is 25.3 Å². The van der Waals surface area contributed by atoms with Gasteiger partial charge in [0, 0.05) is 6.42 Å². The molecule has 0 aliphatic carbocycles. The third-order valence-corrected chi connectivity index (χ3v) is 4.67. The van der Waals surface area contributed by atoms with Crippen molar-refractivity contribution in [1.82, 2.24) is 5.32 Å². The molecule has 1 atom stereocenters. The lowest BCUT2D eigenvalue weighted by Gasteiger charge is -2.18. The second-order valence-electron chi connectivity index (χ2n) is 6.47. The highest BCUT2D eigenvalue weighted by atomic mass is 35.5. The average Bonchev–Trinajstić information content (AvgIpc) is 2.67. The summed E-state index contributed by atoms with van der Waals surface area (Å²) in [5.74, 6) is -4.76. The number of aliphatic carboxylic acids is 1. The number of fused-ring (bicyclic) bond motifs is 10. The van der Waals surface area contributed by atoms with Crippen molar-refractivity contribution >= 4 is 23.5 Å². The molecule has 2 aromatic carbocycles. The number of ether oxygens (including phenoxy) is 2. The van der Waals surface area contributed by atoms with Gasteiger partial charge in [-0.1, -0.05) is 17.7 Å². The molecule has 0 spiro atoms. The first-order valence-corrected chi connectivity index (χ1v) is 9.30. The average molecular weight is 426 g/mol. The Balaban J connectivity index is 1.97. The molecule has 2 aliphatic heterocycles. The Morgan fingerprint density at radius 3 is 2.41 bits per heavy atom. The smallest absolute Gasteiger partial charge is 0.326 e. The van der Waals surface area contributed by atoms with E-state index in [9.17, 15) is 23.5 Å². The summed E-state index contributed by atoms with van der Waals surface area (Å²) in [6.45, 7) is 0.481. The monoisotopic (exact) mass is 425 g/mol. The summed E-state index contributed by atoms with van der Waals surface area (Å²) in [6.07, 6.45) is 1.01. The molecule has 0 saturated heterocycles. The van der Waals surface area contributed by atoms with E-state index in [-0.39, 0.29) is 18.8 Å². The van der Waals surface area contributed by atoms with Gasteiger partial charge >= 0.3 is 5.97 Å². The SMILES string of the molecule is O=C1N[C@H](C(=O)O)Cc2ccc(c(Cl)c2)OCCCCOc2ccc(F)c(F)c21. The van der Waals surface area contributed by atoms with Crippen molar-refractivity contribution in [1.29, 1.82) is 0 Å². The molecule has 2 heterocycles. The van der Waals surface area contributed by atoms with Crippen molar-refractivity contribution in [2.75, 3.05) is 13.2 Å². The second-order valence-corrected chi connectivity index (χ2v) is 6.88. The minimum Gasteiger partial charge on any atom is -0.493 e. The maximum atomic E-state index is 14.3. The predicted octanol–water partition coefficient (Wildman–Crippen LogP) is 3.60. The number of hydrogen-bond acceptors (Lipinski definition) is 4. The summed E-state index contributed by atoms with van der Waals surface area (Å²) in [4.78, 5) is 24.2. The summed E-state index contributed by atoms with van der Waals surface area (Å²) in [7, 11) is 0. The van der Waals surface area contributed by atoms with E-state index in [4.69, 9.17) is 21.1 Å². The molecule has 0 fully saturated rings. The zero-order chi connectivity index (χ0) is 21.0. The minimum absolute atomic E-state index is 0.117. The lowest BCUT2D eigenvalue weighted by molar-refractivity contribution is -0.139. The highest BCUT2D eigenvalue weighted by molar-refractivity contribution is 6.32. The Kier molecular flexibility index (Phi) is 6.53. The quantitative estimate of drug-likeness (QED) is 0.729. The summed E-state index contributed by atoms with van der Waals surface area (Å²) in [6, 6.07) is 5.38. The third-order valence-electron chi connectivity index (χ3n) is 4.38. The topological polar surface area (TPSA) is 84.9 Å². The molecular formula is C20H18ClF2NO5. The van der Waals surface area contributed by atoms with Crippen molar-refractivity contribution < 1.29 is 33.0 Å². The van der Waals surface area contributed by atoms with Gasteiger partial charge in [0.2, 0.25) is 0 Å². The number of carboxylic acid groups (broad SMARTS) is 1. The molecule has 0 saturated carbocycles. The van der Waals surface area contributed by atoms with Crippen LogP contribution >= 0.6 is 11.6 Å². The number of carbonyl (C=O) groups excluding carboxylic acids is 1. The molecule has 154 valence electrons. The molecule has 2 N–H and O–H groups in total. The van der Waals surface area contributed by atoms with Crippen LogP contribution in [0.1, 0.15) is 28.8 Å². The number of carboxylic acids is 1.